The van der Waals surface area contributed by atoms with Crippen LogP contribution in [-0.2, 0) is 7.05 Å². The third-order valence-corrected chi connectivity index (χ3v) is 6.54. The Bertz CT molecular complexity index is 1140. The van der Waals surface area contributed by atoms with E-state index >= 15 is 0 Å². The van der Waals surface area contributed by atoms with Crippen LogP contribution in [-0.4, -0.2) is 35.8 Å². The predicted octanol–water partition coefficient (Wildman–Crippen LogP) is 3.65. The molecular formula is C20H22FIN4O2S. The number of benzene rings is 1. The van der Waals surface area contributed by atoms with Crippen LogP contribution in [0.4, 0.5) is 15.9 Å². The number of halogens is 2. The minimum Gasteiger partial charge on any atom is -0.396 e. The van der Waals surface area contributed by atoms with Gasteiger partial charge >= 0.3 is 0 Å². The molecule has 0 fully saturated rings. The molecule has 6 nitrogen and oxygen atoms in total. The smallest absolute Gasteiger partial charge is 0.256 e. The molecule has 0 aliphatic rings. The molecular weight excluding hydrogens is 506 g/mol. The second-order valence-corrected chi connectivity index (χ2v) is 8.84. The first kappa shape index (κ1) is 21.7. The minimum absolute atomic E-state index is 0.0200. The van der Waals surface area contributed by atoms with Gasteiger partial charge in [-0.1, -0.05) is 0 Å². The van der Waals surface area contributed by atoms with Crippen molar-refractivity contribution in [2.75, 3.05) is 25.1 Å². The van der Waals surface area contributed by atoms with Gasteiger partial charge in [-0.25, -0.2) is 4.39 Å². The van der Waals surface area contributed by atoms with Gasteiger partial charge in [0.05, 0.1) is 16.0 Å². The number of aromatic nitrogens is 1. The third-order valence-electron chi connectivity index (χ3n) is 4.75. The van der Waals surface area contributed by atoms with Crippen molar-refractivity contribution in [1.29, 1.82) is 5.41 Å². The number of nitrogens with zero attached hydrogens (tertiary/aromatic N) is 2. The Kier molecular flexibility index (Phi) is 6.59. The van der Waals surface area contributed by atoms with E-state index in [0.29, 0.717) is 40.1 Å². The van der Waals surface area contributed by atoms with Gasteiger partial charge in [-0.15, -0.1) is 11.3 Å². The van der Waals surface area contributed by atoms with E-state index in [9.17, 15) is 9.18 Å². The van der Waals surface area contributed by atoms with Crippen molar-refractivity contribution >= 4 is 61.4 Å². The van der Waals surface area contributed by atoms with E-state index in [1.54, 1.807) is 35.7 Å². The van der Waals surface area contributed by atoms with Gasteiger partial charge in [-0.05, 0) is 65.1 Å². The summed E-state index contributed by atoms with van der Waals surface area (Å²) in [5.41, 5.74) is 1.90. The van der Waals surface area contributed by atoms with Crippen LogP contribution in [0.3, 0.4) is 0 Å². The van der Waals surface area contributed by atoms with Crippen LogP contribution in [0.2, 0.25) is 0 Å². The van der Waals surface area contributed by atoms with E-state index in [1.165, 1.54) is 17.4 Å². The van der Waals surface area contributed by atoms with Gasteiger partial charge in [0.15, 0.2) is 0 Å². The van der Waals surface area contributed by atoms with Gasteiger partial charge in [0.2, 0.25) is 0 Å². The maximum absolute atomic E-state index is 14.7. The van der Waals surface area contributed by atoms with Gasteiger partial charge in [0.1, 0.15) is 17.1 Å². The van der Waals surface area contributed by atoms with Crippen LogP contribution < -0.4 is 15.7 Å². The Morgan fingerprint density at radius 2 is 2.17 bits per heavy atom. The molecule has 9 heteroatoms. The van der Waals surface area contributed by atoms with Crippen molar-refractivity contribution in [3.05, 3.63) is 49.6 Å². The molecule has 1 aromatic carbocycles. The zero-order valence-electron chi connectivity index (χ0n) is 16.3. The molecule has 1 amide bonds. The molecule has 154 valence electrons. The number of aliphatic hydroxyl groups is 1. The van der Waals surface area contributed by atoms with Crippen LogP contribution >= 0.6 is 33.9 Å². The molecule has 0 spiro atoms. The number of thiophene rings is 1. The summed E-state index contributed by atoms with van der Waals surface area (Å²) >= 11 is 3.45. The van der Waals surface area contributed by atoms with Crippen molar-refractivity contribution in [3.8, 4) is 0 Å². The lowest BCUT2D eigenvalue weighted by Crippen LogP contribution is -2.32. The van der Waals surface area contributed by atoms with E-state index < -0.39 is 5.82 Å². The lowest BCUT2D eigenvalue weighted by atomic mass is 10.1. The number of carbonyl (C=O) groups excluding carboxylic acids is 1. The molecule has 0 radical (unpaired) electrons. The summed E-state index contributed by atoms with van der Waals surface area (Å²) in [6, 6.07) is 4.90. The summed E-state index contributed by atoms with van der Waals surface area (Å²) in [5.74, 6) is -0.278. The summed E-state index contributed by atoms with van der Waals surface area (Å²) in [5, 5.41) is 23.1. The zero-order valence-corrected chi connectivity index (χ0v) is 19.3. The molecule has 0 aliphatic carbocycles. The molecule has 0 bridgehead atoms. The van der Waals surface area contributed by atoms with Crippen LogP contribution in [0.25, 0.3) is 10.1 Å². The zero-order chi connectivity index (χ0) is 21.3. The second-order valence-electron chi connectivity index (χ2n) is 6.72. The quantitative estimate of drug-likeness (QED) is 0.338. The number of nitrogens with one attached hydrogen (secondary N) is 2. The van der Waals surface area contributed by atoms with Crippen LogP contribution in [0.5, 0.6) is 0 Å². The fourth-order valence-corrected chi connectivity index (χ4v) is 4.84. The minimum atomic E-state index is -0.403. The molecule has 0 saturated heterocycles. The normalized spacial score (nSPS) is 11.1. The highest BCUT2D eigenvalue weighted by atomic mass is 127. The average Bonchev–Trinajstić information content (AvgIpc) is 3.05. The summed E-state index contributed by atoms with van der Waals surface area (Å²) in [6.45, 7) is 2.22. The molecule has 3 N–H and O–H groups in total. The second kappa shape index (κ2) is 8.80. The lowest BCUT2D eigenvalue weighted by Gasteiger charge is -2.26. The highest BCUT2D eigenvalue weighted by molar-refractivity contribution is 14.1. The topological polar surface area (TPSA) is 81.3 Å². The van der Waals surface area contributed by atoms with Gasteiger partial charge in [0, 0.05) is 36.2 Å². The van der Waals surface area contributed by atoms with Crippen molar-refractivity contribution in [3.63, 3.8) is 0 Å². The molecule has 0 aliphatic heterocycles. The average molecular weight is 528 g/mol. The maximum atomic E-state index is 14.7. The van der Waals surface area contributed by atoms with E-state index in [2.05, 4.69) is 5.32 Å². The molecule has 0 atom stereocenters. The van der Waals surface area contributed by atoms with Gasteiger partial charge in [-0.3, -0.25) is 10.2 Å². The Morgan fingerprint density at radius 3 is 2.83 bits per heavy atom. The van der Waals surface area contributed by atoms with Gasteiger partial charge < -0.3 is 19.9 Å². The maximum Gasteiger partial charge on any atom is 0.256 e. The Morgan fingerprint density at radius 1 is 1.45 bits per heavy atom. The highest BCUT2D eigenvalue weighted by Crippen LogP contribution is 2.35. The molecule has 0 unspecified atom stereocenters. The summed E-state index contributed by atoms with van der Waals surface area (Å²) in [4.78, 5) is 14.7. The molecule has 29 heavy (non-hydrogen) atoms. The van der Waals surface area contributed by atoms with Crippen LogP contribution in [0.1, 0.15) is 22.3 Å². The van der Waals surface area contributed by atoms with E-state index in [0.717, 1.165) is 9.13 Å². The van der Waals surface area contributed by atoms with Crippen molar-refractivity contribution in [2.45, 2.75) is 13.3 Å². The number of rotatable bonds is 6. The summed E-state index contributed by atoms with van der Waals surface area (Å²) in [7, 11) is 3.40. The number of hydrogen-bond donors (Lipinski definition) is 3. The van der Waals surface area contributed by atoms with E-state index in [1.807, 2.05) is 34.9 Å². The van der Waals surface area contributed by atoms with Crippen molar-refractivity contribution < 1.29 is 14.3 Å². The monoisotopic (exact) mass is 528 g/mol. The molecule has 0 saturated carbocycles. The van der Waals surface area contributed by atoms with Crippen molar-refractivity contribution in [2.24, 2.45) is 7.05 Å². The van der Waals surface area contributed by atoms with Gasteiger partial charge in [0.25, 0.3) is 5.91 Å². The van der Waals surface area contributed by atoms with Gasteiger partial charge in [-0.2, -0.15) is 0 Å². The molecule has 2 heterocycles. The number of amides is 1. The summed E-state index contributed by atoms with van der Waals surface area (Å²) < 4.78 is 17.8. The number of pyridine rings is 1. The predicted molar refractivity (Wildman–Crippen MR) is 123 cm³/mol. The number of hydrogen-bond acceptors (Lipinski definition) is 5. The fraction of sp³-hybridized carbons (Fsp3) is 0.300. The first-order chi connectivity index (χ1) is 13.8. The number of aryl methyl sites for hydroxylation is 1. The molecule has 3 aromatic rings. The third kappa shape index (κ3) is 4.03. The van der Waals surface area contributed by atoms with E-state index in [-0.39, 0.29) is 18.0 Å². The summed E-state index contributed by atoms with van der Waals surface area (Å²) in [6.07, 6.45) is 0.442. The Hall–Kier alpha value is -1.98. The standard InChI is InChI=1S/C20H22FIN4O2S/c1-11-10-29-17-15(11)18(23)26(3)20(16(17)19(28)24-7-4-8-27)25(2)14-6-5-12(22)9-13(14)21/h5-6,9-10,23,27H,4,7-8H2,1-3H3,(H,24,28). The van der Waals surface area contributed by atoms with E-state index in [4.69, 9.17) is 10.5 Å². The first-order valence-corrected chi connectivity index (χ1v) is 11.0. The highest BCUT2D eigenvalue weighted by Gasteiger charge is 2.25. The van der Waals surface area contributed by atoms with Crippen LogP contribution in [0, 0.1) is 21.7 Å². The Labute approximate surface area is 185 Å². The largest absolute Gasteiger partial charge is 0.396 e. The number of fused-ring (bicyclic) bond motifs is 1. The Balaban J connectivity index is 2.27. The molecule has 2 aromatic heterocycles. The molecule has 3 rings (SSSR count). The number of aliphatic hydroxyl groups excluding tert-OH is 1. The number of carbonyl (C=O) groups is 1. The lowest BCUT2D eigenvalue weighted by molar-refractivity contribution is 0.0953. The van der Waals surface area contributed by atoms with Crippen LogP contribution in [0.15, 0.2) is 23.6 Å². The first-order valence-electron chi connectivity index (χ1n) is 9.01. The SMILES string of the molecule is Cc1csc2c(C(=O)NCCCO)c(N(C)c3ccc(I)cc3F)n(C)c(=N)c12. The fourth-order valence-electron chi connectivity index (χ4n) is 3.30. The number of anilines is 2. The van der Waals surface area contributed by atoms with Crippen molar-refractivity contribution in [1.82, 2.24) is 9.88 Å².